The predicted octanol–water partition coefficient (Wildman–Crippen LogP) is 1.88. The molecule has 0 fully saturated rings. The van der Waals surface area contributed by atoms with Crippen LogP contribution in [0.25, 0.3) is 0 Å². The molecule has 0 radical (unpaired) electrons. The van der Waals surface area contributed by atoms with E-state index in [1.165, 1.54) is 6.92 Å². The molecule has 1 amide bonds. The van der Waals surface area contributed by atoms with Gasteiger partial charge in [0.05, 0.1) is 12.5 Å². The van der Waals surface area contributed by atoms with Crippen LogP contribution < -0.4 is 0 Å². The second kappa shape index (κ2) is 5.66. The lowest BCUT2D eigenvalue weighted by Crippen LogP contribution is -2.35. The molecule has 17 heavy (non-hydrogen) atoms. The molecular formula is C13H19NO3. The van der Waals surface area contributed by atoms with Crippen molar-refractivity contribution < 1.29 is 14.3 Å². The maximum absolute atomic E-state index is 12.1. The number of hydrogen-bond acceptors (Lipinski definition) is 3. The summed E-state index contributed by atoms with van der Waals surface area (Å²) in [6.45, 7) is 7.74. The van der Waals surface area contributed by atoms with Crippen molar-refractivity contribution >= 4 is 11.9 Å². The van der Waals surface area contributed by atoms with Crippen molar-refractivity contribution in [2.75, 3.05) is 13.2 Å². The van der Waals surface area contributed by atoms with E-state index in [1.54, 1.807) is 4.90 Å². The SMILES string of the molecule is CC(=O)OCCN1C(=O)[C@H](C)C=C(C)C=C1C. The molecule has 1 aliphatic heterocycles. The molecule has 1 aliphatic rings. The Bertz CT molecular complexity index is 382. The van der Waals surface area contributed by atoms with Gasteiger partial charge in [0.2, 0.25) is 5.91 Å². The Morgan fingerprint density at radius 3 is 2.71 bits per heavy atom. The van der Waals surface area contributed by atoms with Gasteiger partial charge in [-0.15, -0.1) is 0 Å². The molecule has 94 valence electrons. The number of nitrogens with zero attached hydrogens (tertiary/aromatic N) is 1. The Kier molecular flexibility index (Phi) is 4.49. The number of carbonyl (C=O) groups is 2. The van der Waals surface area contributed by atoms with Crippen molar-refractivity contribution in [2.24, 2.45) is 5.92 Å². The highest BCUT2D eigenvalue weighted by molar-refractivity contribution is 5.82. The van der Waals surface area contributed by atoms with Crippen molar-refractivity contribution in [1.29, 1.82) is 0 Å². The van der Waals surface area contributed by atoms with Crippen LogP contribution >= 0.6 is 0 Å². The highest BCUT2D eigenvalue weighted by atomic mass is 16.5. The Hall–Kier alpha value is -1.58. The van der Waals surface area contributed by atoms with Gasteiger partial charge in [-0.05, 0) is 19.9 Å². The zero-order valence-corrected chi connectivity index (χ0v) is 10.8. The van der Waals surface area contributed by atoms with Gasteiger partial charge in [0.1, 0.15) is 6.61 Å². The van der Waals surface area contributed by atoms with Crippen LogP contribution in [0.3, 0.4) is 0 Å². The van der Waals surface area contributed by atoms with E-state index in [-0.39, 0.29) is 24.4 Å². The summed E-state index contributed by atoms with van der Waals surface area (Å²) in [5.74, 6) is -0.417. The lowest BCUT2D eigenvalue weighted by atomic mass is 10.1. The lowest BCUT2D eigenvalue weighted by Gasteiger charge is -2.23. The first-order chi connectivity index (χ1) is 7.91. The van der Waals surface area contributed by atoms with Gasteiger partial charge in [-0.2, -0.15) is 0 Å². The van der Waals surface area contributed by atoms with Crippen LogP contribution in [0.1, 0.15) is 27.7 Å². The second-order valence-electron chi connectivity index (χ2n) is 4.31. The highest BCUT2D eigenvalue weighted by Gasteiger charge is 2.22. The fourth-order valence-electron chi connectivity index (χ4n) is 1.91. The molecule has 1 heterocycles. The van der Waals surface area contributed by atoms with Gasteiger partial charge in [-0.25, -0.2) is 0 Å². The maximum atomic E-state index is 12.1. The third kappa shape index (κ3) is 3.73. The number of ether oxygens (including phenoxy) is 1. The molecule has 0 bridgehead atoms. The number of hydrogen-bond donors (Lipinski definition) is 0. The van der Waals surface area contributed by atoms with Crippen LogP contribution in [0.5, 0.6) is 0 Å². The van der Waals surface area contributed by atoms with Gasteiger partial charge >= 0.3 is 5.97 Å². The van der Waals surface area contributed by atoms with Crippen LogP contribution in [0, 0.1) is 5.92 Å². The van der Waals surface area contributed by atoms with E-state index < -0.39 is 0 Å². The van der Waals surface area contributed by atoms with Crippen LogP contribution in [-0.4, -0.2) is 29.9 Å². The smallest absolute Gasteiger partial charge is 0.302 e. The third-order valence-electron chi connectivity index (χ3n) is 2.65. The molecular weight excluding hydrogens is 218 g/mol. The molecule has 0 saturated carbocycles. The van der Waals surface area contributed by atoms with Gasteiger partial charge in [-0.1, -0.05) is 18.6 Å². The molecule has 4 nitrogen and oxygen atoms in total. The average molecular weight is 237 g/mol. The summed E-state index contributed by atoms with van der Waals surface area (Å²) in [5, 5.41) is 0. The average Bonchev–Trinajstić information content (AvgIpc) is 2.29. The van der Waals surface area contributed by atoms with Crippen molar-refractivity contribution in [2.45, 2.75) is 27.7 Å². The molecule has 0 aromatic rings. The van der Waals surface area contributed by atoms with E-state index in [2.05, 4.69) is 0 Å². The summed E-state index contributed by atoms with van der Waals surface area (Å²) >= 11 is 0. The third-order valence-corrected chi connectivity index (χ3v) is 2.65. The van der Waals surface area contributed by atoms with Gasteiger partial charge in [0, 0.05) is 12.6 Å². The number of carbonyl (C=O) groups excluding carboxylic acids is 2. The molecule has 0 saturated heterocycles. The molecule has 0 spiro atoms. The molecule has 1 rings (SSSR count). The Morgan fingerprint density at radius 1 is 1.47 bits per heavy atom. The fourth-order valence-corrected chi connectivity index (χ4v) is 1.91. The summed E-state index contributed by atoms with van der Waals surface area (Å²) in [4.78, 5) is 24.4. The molecule has 0 N–H and O–H groups in total. The minimum atomic E-state index is -0.323. The first kappa shape index (κ1) is 13.5. The monoisotopic (exact) mass is 237 g/mol. The quantitative estimate of drug-likeness (QED) is 0.704. The van der Waals surface area contributed by atoms with Gasteiger partial charge in [0.25, 0.3) is 0 Å². The predicted molar refractivity (Wildman–Crippen MR) is 65.0 cm³/mol. The molecule has 0 aliphatic carbocycles. The summed E-state index contributed by atoms with van der Waals surface area (Å²) < 4.78 is 4.87. The Balaban J connectivity index is 2.72. The number of amides is 1. The van der Waals surface area contributed by atoms with Crippen molar-refractivity contribution in [3.63, 3.8) is 0 Å². The molecule has 0 aromatic heterocycles. The first-order valence-corrected chi connectivity index (χ1v) is 5.73. The molecule has 0 aromatic carbocycles. The molecule has 0 unspecified atom stereocenters. The van der Waals surface area contributed by atoms with Crippen LogP contribution in [-0.2, 0) is 14.3 Å². The summed E-state index contributed by atoms with van der Waals surface area (Å²) in [6.07, 6.45) is 3.91. The Morgan fingerprint density at radius 2 is 2.12 bits per heavy atom. The largest absolute Gasteiger partial charge is 0.464 e. The van der Waals surface area contributed by atoms with E-state index in [9.17, 15) is 9.59 Å². The highest BCUT2D eigenvalue weighted by Crippen LogP contribution is 2.18. The molecule has 4 heteroatoms. The summed E-state index contributed by atoms with van der Waals surface area (Å²) in [5.41, 5.74) is 1.97. The minimum Gasteiger partial charge on any atom is -0.464 e. The fraction of sp³-hybridized carbons (Fsp3) is 0.538. The number of rotatable bonds is 3. The van der Waals surface area contributed by atoms with Crippen LogP contribution in [0.4, 0.5) is 0 Å². The summed E-state index contributed by atoms with van der Waals surface area (Å²) in [6, 6.07) is 0. The van der Waals surface area contributed by atoms with E-state index in [0.29, 0.717) is 6.54 Å². The number of allylic oxidation sites excluding steroid dienone is 3. The van der Waals surface area contributed by atoms with Crippen LogP contribution in [0.2, 0.25) is 0 Å². The van der Waals surface area contributed by atoms with E-state index in [4.69, 9.17) is 4.74 Å². The summed E-state index contributed by atoms with van der Waals surface area (Å²) in [7, 11) is 0. The lowest BCUT2D eigenvalue weighted by molar-refractivity contribution is -0.143. The van der Waals surface area contributed by atoms with Crippen molar-refractivity contribution in [3.8, 4) is 0 Å². The minimum absolute atomic E-state index is 0.0442. The standard InChI is InChI=1S/C13H19NO3/c1-9-7-10(2)13(16)14(11(3)8-9)5-6-17-12(4)15/h7-8,10H,5-6H2,1-4H3/t10-/m1/s1. The van der Waals surface area contributed by atoms with Gasteiger partial charge in [0.15, 0.2) is 0 Å². The van der Waals surface area contributed by atoms with Crippen molar-refractivity contribution in [1.82, 2.24) is 4.90 Å². The van der Waals surface area contributed by atoms with E-state index in [0.717, 1.165) is 11.3 Å². The van der Waals surface area contributed by atoms with Gasteiger partial charge < -0.3 is 9.64 Å². The zero-order chi connectivity index (χ0) is 13.0. The van der Waals surface area contributed by atoms with Crippen molar-refractivity contribution in [3.05, 3.63) is 23.4 Å². The number of esters is 1. The molecule has 1 atom stereocenters. The van der Waals surface area contributed by atoms with E-state index in [1.807, 2.05) is 32.9 Å². The first-order valence-electron chi connectivity index (χ1n) is 5.73. The maximum Gasteiger partial charge on any atom is 0.302 e. The second-order valence-corrected chi connectivity index (χ2v) is 4.31. The Labute approximate surface area is 102 Å². The topological polar surface area (TPSA) is 46.6 Å². The van der Waals surface area contributed by atoms with Gasteiger partial charge in [-0.3, -0.25) is 9.59 Å². The van der Waals surface area contributed by atoms with Crippen LogP contribution in [0.15, 0.2) is 23.4 Å². The zero-order valence-electron chi connectivity index (χ0n) is 10.8. The van der Waals surface area contributed by atoms with E-state index >= 15 is 0 Å². The normalized spacial score (nSPS) is 20.6.